The lowest BCUT2D eigenvalue weighted by Crippen LogP contribution is -2.53. The molecule has 11 nitrogen and oxygen atoms in total. The maximum atomic E-state index is 14.2. The monoisotopic (exact) mass is 597 g/mol. The van der Waals surface area contributed by atoms with Crippen LogP contribution in [0.15, 0.2) is 61.3 Å². The van der Waals surface area contributed by atoms with Gasteiger partial charge in [-0.15, -0.1) is 16.4 Å². The van der Waals surface area contributed by atoms with Crippen LogP contribution in [0.2, 0.25) is 0 Å². The molecule has 1 aliphatic carbocycles. The number of hydrogen-bond acceptors (Lipinski definition) is 10. The quantitative estimate of drug-likeness (QED) is 0.192. The van der Waals surface area contributed by atoms with E-state index in [0.29, 0.717) is 74.0 Å². The molecule has 1 saturated heterocycles. The van der Waals surface area contributed by atoms with E-state index in [2.05, 4.69) is 22.1 Å². The Labute approximate surface area is 251 Å². The molecule has 1 fully saturated rings. The van der Waals surface area contributed by atoms with Gasteiger partial charge in [-0.3, -0.25) is 14.4 Å². The number of hydrogen-bond donors (Lipinski definition) is 4. The molecule has 1 aliphatic heterocycles. The van der Waals surface area contributed by atoms with Crippen molar-refractivity contribution in [3.8, 4) is 11.6 Å². The van der Waals surface area contributed by atoms with Gasteiger partial charge in [0.25, 0.3) is 5.91 Å². The van der Waals surface area contributed by atoms with E-state index >= 15 is 0 Å². The van der Waals surface area contributed by atoms with Crippen LogP contribution in [-0.4, -0.2) is 51.8 Å². The van der Waals surface area contributed by atoms with Crippen molar-refractivity contribution < 1.29 is 19.1 Å². The predicted molar refractivity (Wildman–Crippen MR) is 164 cm³/mol. The number of amides is 2. The number of nitrogens with zero attached hydrogens (tertiary/aromatic N) is 3. The Balaban J connectivity index is 1.39. The van der Waals surface area contributed by atoms with Crippen molar-refractivity contribution in [1.82, 2.24) is 20.4 Å². The number of ketones is 1. The van der Waals surface area contributed by atoms with Gasteiger partial charge in [-0.05, 0) is 66.8 Å². The summed E-state index contributed by atoms with van der Waals surface area (Å²) in [6, 6.07) is 10.7. The molecule has 2 aromatic heterocycles. The summed E-state index contributed by atoms with van der Waals surface area (Å²) in [5.41, 5.74) is 21.2. The van der Waals surface area contributed by atoms with E-state index in [0.717, 1.165) is 6.42 Å². The number of nitrogens with one attached hydrogen (secondary N) is 1. The van der Waals surface area contributed by atoms with Crippen LogP contribution in [0.5, 0.6) is 11.6 Å². The fourth-order valence-corrected chi connectivity index (χ4v) is 7.31. The molecule has 220 valence electrons. The molecule has 12 heteroatoms. The third kappa shape index (κ3) is 4.73. The second kappa shape index (κ2) is 10.9. The molecule has 0 spiro atoms. The number of rotatable bonds is 6. The summed E-state index contributed by atoms with van der Waals surface area (Å²) in [6.45, 7) is 6.38. The summed E-state index contributed by atoms with van der Waals surface area (Å²) in [5, 5.41) is 11.4. The van der Waals surface area contributed by atoms with Crippen LogP contribution in [0.4, 0.5) is 5.69 Å². The first-order valence-corrected chi connectivity index (χ1v) is 14.7. The Bertz CT molecular complexity index is 1790. The number of nitrogen functional groups attached to an aromatic ring is 1. The molecule has 6 rings (SSSR count). The van der Waals surface area contributed by atoms with Gasteiger partial charge in [0.1, 0.15) is 11.3 Å². The first kappa shape index (κ1) is 28.5. The molecular weight excluding hydrogens is 566 g/mol. The van der Waals surface area contributed by atoms with Crippen LogP contribution in [0, 0.1) is 6.92 Å². The Morgan fingerprint density at radius 2 is 2.02 bits per heavy atom. The highest BCUT2D eigenvalue weighted by atomic mass is 32.1. The van der Waals surface area contributed by atoms with E-state index in [1.807, 2.05) is 6.92 Å². The van der Waals surface area contributed by atoms with Crippen LogP contribution in [0.3, 0.4) is 0 Å². The second-order valence-corrected chi connectivity index (χ2v) is 11.9. The topological polar surface area (TPSA) is 180 Å². The number of piperidine rings is 1. The lowest BCUT2D eigenvalue weighted by molar-refractivity contribution is -0.127. The summed E-state index contributed by atoms with van der Waals surface area (Å²) in [5.74, 6) is -0.149. The fraction of sp³-hybridized carbons (Fsp3) is 0.258. The first-order valence-electron chi connectivity index (χ1n) is 13.9. The van der Waals surface area contributed by atoms with E-state index in [4.69, 9.17) is 21.9 Å². The minimum Gasteiger partial charge on any atom is -0.438 e. The number of aromatic nitrogens is 2. The Kier molecular flexibility index (Phi) is 7.20. The highest BCUT2D eigenvalue weighted by Crippen LogP contribution is 2.50. The molecule has 2 aromatic carbocycles. The summed E-state index contributed by atoms with van der Waals surface area (Å²) in [4.78, 5) is 42.0. The first-order chi connectivity index (χ1) is 20.6. The predicted octanol–water partition coefficient (Wildman–Crippen LogP) is 3.07. The van der Waals surface area contributed by atoms with E-state index in [-0.39, 0.29) is 17.9 Å². The van der Waals surface area contributed by atoms with E-state index in [1.165, 1.54) is 17.4 Å². The lowest BCUT2D eigenvalue weighted by atomic mass is 9.69. The van der Waals surface area contributed by atoms with Gasteiger partial charge in [-0.2, -0.15) is 5.10 Å². The van der Waals surface area contributed by atoms with Crippen molar-refractivity contribution in [3.63, 3.8) is 0 Å². The van der Waals surface area contributed by atoms with Gasteiger partial charge in [0.15, 0.2) is 5.78 Å². The van der Waals surface area contributed by atoms with Crippen molar-refractivity contribution in [3.05, 3.63) is 88.4 Å². The maximum absolute atomic E-state index is 14.2. The number of likely N-dealkylation sites (tertiary alicyclic amines) is 1. The van der Waals surface area contributed by atoms with Crippen LogP contribution in [-0.2, 0) is 15.1 Å². The minimum atomic E-state index is -1.60. The zero-order chi connectivity index (χ0) is 30.5. The molecule has 3 unspecified atom stereocenters. The Hall–Kier alpha value is -4.65. The normalized spacial score (nSPS) is 21.5. The average Bonchev–Trinajstić information content (AvgIpc) is 3.42. The molecule has 2 amide bonds. The number of aryl methyl sites for hydroxylation is 1. The zero-order valence-electron chi connectivity index (χ0n) is 23.5. The highest BCUT2D eigenvalue weighted by molar-refractivity contribution is 7.21. The Morgan fingerprint density at radius 3 is 2.74 bits per heavy atom. The number of Topliss-reactive ketones (excluding diaryl/α,β-unsaturated/α-hetero) is 1. The third-order valence-corrected chi connectivity index (χ3v) is 9.41. The number of nitrogens with two attached hydrogens (primary N) is 3. The Morgan fingerprint density at radius 1 is 1.23 bits per heavy atom. The van der Waals surface area contributed by atoms with Crippen LogP contribution in [0.25, 0.3) is 10.1 Å². The lowest BCUT2D eigenvalue weighted by Gasteiger charge is -2.37. The summed E-state index contributed by atoms with van der Waals surface area (Å²) >= 11 is 1.19. The van der Waals surface area contributed by atoms with Gasteiger partial charge >= 0.3 is 0 Å². The number of carbonyl (C=O) groups excluding carboxylic acids is 3. The molecule has 0 radical (unpaired) electrons. The molecule has 7 N–H and O–H groups in total. The number of benzene rings is 2. The van der Waals surface area contributed by atoms with Crippen molar-refractivity contribution in [2.24, 2.45) is 11.5 Å². The maximum Gasteiger partial charge on any atom is 0.262 e. The molecule has 3 atom stereocenters. The van der Waals surface area contributed by atoms with Crippen molar-refractivity contribution in [1.29, 1.82) is 0 Å². The van der Waals surface area contributed by atoms with Gasteiger partial charge in [0.05, 0.1) is 15.6 Å². The van der Waals surface area contributed by atoms with Gasteiger partial charge in [0, 0.05) is 48.0 Å². The highest BCUT2D eigenvalue weighted by Gasteiger charge is 2.49. The number of anilines is 1. The number of thiophene rings is 1. The molecule has 2 aliphatic rings. The average molecular weight is 598 g/mol. The summed E-state index contributed by atoms with van der Waals surface area (Å²) < 4.78 is 6.46. The molecule has 0 bridgehead atoms. The van der Waals surface area contributed by atoms with Crippen LogP contribution in [0.1, 0.15) is 50.8 Å². The molecule has 0 saturated carbocycles. The van der Waals surface area contributed by atoms with E-state index in [1.54, 1.807) is 53.6 Å². The molecular formula is C31H31N7O4S. The van der Waals surface area contributed by atoms with E-state index < -0.39 is 17.4 Å². The minimum absolute atomic E-state index is 0.177. The molecule has 43 heavy (non-hydrogen) atoms. The van der Waals surface area contributed by atoms with E-state index in [9.17, 15) is 14.4 Å². The smallest absolute Gasteiger partial charge is 0.262 e. The SMILES string of the molecule is C=CC(=O)N1CCCC(NC(=O)c2sc3c(N)ccc4c3c2C(N)C(=O)C4(N)c2ccc(Oc3cccnn3)cc2C)C1. The second-order valence-electron chi connectivity index (χ2n) is 10.8. The standard InChI is InChI=1S/C31H31N7O4S/c1-3-23(39)38-13-5-6-17(15-38)36-30(41)28-25-24-20(10-11-21(32)27(24)43-28)31(34,29(40)26(25)33)19-9-8-18(14-16(19)2)42-22-7-4-12-35-37-22/h3-4,7-12,14,17,26H,1,5-6,13,15,32-34H2,2H3,(H,36,41). The number of ether oxygens (including phenoxy) is 1. The van der Waals surface area contributed by atoms with Crippen LogP contribution < -0.4 is 27.3 Å². The van der Waals surface area contributed by atoms with Crippen molar-refractivity contribution in [2.75, 3.05) is 18.8 Å². The molecule has 3 heterocycles. The third-order valence-electron chi connectivity index (χ3n) is 8.16. The van der Waals surface area contributed by atoms with Gasteiger partial charge in [-0.1, -0.05) is 18.7 Å². The summed E-state index contributed by atoms with van der Waals surface area (Å²) in [7, 11) is 0. The largest absolute Gasteiger partial charge is 0.438 e. The zero-order valence-corrected chi connectivity index (χ0v) is 24.3. The summed E-state index contributed by atoms with van der Waals surface area (Å²) in [6.07, 6.45) is 4.28. The van der Waals surface area contributed by atoms with Gasteiger partial charge in [0.2, 0.25) is 11.8 Å². The molecule has 4 aromatic rings. The van der Waals surface area contributed by atoms with Gasteiger partial charge < -0.3 is 32.2 Å². The van der Waals surface area contributed by atoms with Crippen molar-refractivity contribution in [2.45, 2.75) is 37.4 Å². The van der Waals surface area contributed by atoms with Crippen LogP contribution >= 0.6 is 11.3 Å². The van der Waals surface area contributed by atoms with Crippen molar-refractivity contribution >= 4 is 44.7 Å². The number of carbonyl (C=O) groups is 3. The van der Waals surface area contributed by atoms with Gasteiger partial charge in [-0.25, -0.2) is 0 Å². The fourth-order valence-electron chi connectivity index (χ4n) is 6.11.